The first kappa shape index (κ1) is 8.94. The minimum Gasteiger partial charge on any atom is -0.319 e. The van der Waals surface area contributed by atoms with Gasteiger partial charge >= 0.3 is 0 Å². The Morgan fingerprint density at radius 2 is 1.93 bits per heavy atom. The summed E-state index contributed by atoms with van der Waals surface area (Å²) in [5, 5.41) is 0. The molecule has 3 nitrogen and oxygen atoms in total. The topological polar surface area (TPSA) is 45.8 Å². The maximum Gasteiger partial charge on any atom is 0.269 e. The molecule has 1 aromatic heterocycles. The number of H-pyrrole nitrogens is 1. The van der Waals surface area contributed by atoms with Crippen molar-refractivity contribution in [2.75, 3.05) is 0 Å². The predicted octanol–water partition coefficient (Wildman–Crippen LogP) is 1.85. The Labute approximate surface area is 81.8 Å². The molecular weight excluding hydrogens is 176 g/mol. The largest absolute Gasteiger partial charge is 0.319 e. The molecule has 0 amide bonds. The van der Waals surface area contributed by atoms with Crippen molar-refractivity contribution in [1.82, 2.24) is 9.97 Å². The van der Waals surface area contributed by atoms with Crippen LogP contribution in [-0.4, -0.2) is 9.97 Å². The average molecular weight is 188 g/mol. The molecule has 0 radical (unpaired) electrons. The zero-order valence-electron chi connectivity index (χ0n) is 8.51. The molecular formula is C11H12N2O. The van der Waals surface area contributed by atoms with Crippen LogP contribution in [0.3, 0.4) is 0 Å². The third-order valence-corrected chi connectivity index (χ3v) is 2.30. The summed E-state index contributed by atoms with van der Waals surface area (Å²) in [6.07, 6.45) is 0. The molecule has 0 fully saturated rings. The number of aromatic nitrogens is 2. The van der Waals surface area contributed by atoms with Gasteiger partial charge in [-0.15, -0.1) is 0 Å². The Morgan fingerprint density at radius 3 is 2.64 bits per heavy atom. The van der Waals surface area contributed by atoms with Crippen LogP contribution >= 0.6 is 0 Å². The van der Waals surface area contributed by atoms with E-state index >= 15 is 0 Å². The fourth-order valence-electron chi connectivity index (χ4n) is 1.63. The molecule has 0 saturated heterocycles. The first-order valence-corrected chi connectivity index (χ1v) is 4.56. The lowest BCUT2D eigenvalue weighted by molar-refractivity contribution is 1.11. The van der Waals surface area contributed by atoms with Crippen LogP contribution in [0.15, 0.2) is 16.9 Å². The molecule has 1 N–H and O–H groups in total. The summed E-state index contributed by atoms with van der Waals surface area (Å²) in [5.74, 6) is 0. The number of aromatic amines is 1. The van der Waals surface area contributed by atoms with E-state index in [4.69, 9.17) is 0 Å². The minimum atomic E-state index is -0.109. The quantitative estimate of drug-likeness (QED) is 0.685. The number of rotatable bonds is 0. The minimum absolute atomic E-state index is 0.109. The zero-order valence-corrected chi connectivity index (χ0v) is 8.51. The first-order valence-electron chi connectivity index (χ1n) is 4.56. The summed E-state index contributed by atoms with van der Waals surface area (Å²) < 4.78 is 0. The lowest BCUT2D eigenvalue weighted by Gasteiger charge is -2.03. The van der Waals surface area contributed by atoms with Gasteiger partial charge in [0.2, 0.25) is 0 Å². The van der Waals surface area contributed by atoms with Crippen molar-refractivity contribution >= 4 is 11.0 Å². The Balaban J connectivity index is 2.96. The molecule has 0 aliphatic carbocycles. The van der Waals surface area contributed by atoms with Crippen molar-refractivity contribution in [3.05, 3.63) is 39.3 Å². The zero-order chi connectivity index (χ0) is 10.3. The fourth-order valence-corrected chi connectivity index (χ4v) is 1.63. The molecule has 0 bridgehead atoms. The van der Waals surface area contributed by atoms with Crippen LogP contribution in [0.2, 0.25) is 0 Å². The monoisotopic (exact) mass is 188 g/mol. The maximum absolute atomic E-state index is 11.3. The van der Waals surface area contributed by atoms with Gasteiger partial charge in [-0.2, -0.15) is 0 Å². The van der Waals surface area contributed by atoms with Crippen LogP contribution in [0.25, 0.3) is 11.0 Å². The predicted molar refractivity (Wildman–Crippen MR) is 56.6 cm³/mol. The van der Waals surface area contributed by atoms with Gasteiger partial charge in [0.05, 0.1) is 11.0 Å². The van der Waals surface area contributed by atoms with Crippen LogP contribution in [0.4, 0.5) is 0 Å². The lowest BCUT2D eigenvalue weighted by Crippen LogP contribution is -2.11. The van der Waals surface area contributed by atoms with Crippen molar-refractivity contribution in [3.8, 4) is 0 Å². The van der Waals surface area contributed by atoms with Crippen LogP contribution in [0.5, 0.6) is 0 Å². The number of hydrogen-bond donors (Lipinski definition) is 1. The molecule has 3 heteroatoms. The number of hydrogen-bond acceptors (Lipinski definition) is 2. The Hall–Kier alpha value is -1.64. The van der Waals surface area contributed by atoms with Gasteiger partial charge in [-0.1, -0.05) is 6.07 Å². The van der Waals surface area contributed by atoms with Crippen LogP contribution in [0, 0.1) is 20.8 Å². The molecule has 0 aliphatic heterocycles. The maximum atomic E-state index is 11.3. The Kier molecular flexibility index (Phi) is 1.88. The van der Waals surface area contributed by atoms with E-state index in [0.29, 0.717) is 5.69 Å². The van der Waals surface area contributed by atoms with Crippen LogP contribution in [0.1, 0.15) is 16.8 Å². The lowest BCUT2D eigenvalue weighted by atomic mass is 10.1. The van der Waals surface area contributed by atoms with Crippen LogP contribution < -0.4 is 5.56 Å². The number of nitrogens with one attached hydrogen (secondary N) is 1. The molecule has 2 rings (SSSR count). The van der Waals surface area contributed by atoms with Gasteiger partial charge in [0, 0.05) is 0 Å². The van der Waals surface area contributed by atoms with E-state index in [2.05, 4.69) is 16.0 Å². The van der Waals surface area contributed by atoms with Gasteiger partial charge in [0.1, 0.15) is 5.69 Å². The van der Waals surface area contributed by atoms with Gasteiger partial charge < -0.3 is 4.98 Å². The molecule has 0 saturated carbocycles. The normalized spacial score (nSPS) is 10.8. The summed E-state index contributed by atoms with van der Waals surface area (Å²) in [7, 11) is 0. The summed E-state index contributed by atoms with van der Waals surface area (Å²) in [6, 6.07) is 4.00. The number of fused-ring (bicyclic) bond motifs is 1. The van der Waals surface area contributed by atoms with Gasteiger partial charge in [0.15, 0.2) is 0 Å². The molecule has 0 aliphatic rings. The highest BCUT2D eigenvalue weighted by Crippen LogP contribution is 2.15. The Morgan fingerprint density at radius 1 is 1.21 bits per heavy atom. The second-order valence-corrected chi connectivity index (χ2v) is 3.63. The van der Waals surface area contributed by atoms with Crippen LogP contribution in [-0.2, 0) is 0 Å². The number of nitrogens with zero attached hydrogens (tertiary/aromatic N) is 1. The second-order valence-electron chi connectivity index (χ2n) is 3.63. The van der Waals surface area contributed by atoms with Gasteiger partial charge in [-0.25, -0.2) is 4.98 Å². The second kappa shape index (κ2) is 2.94. The summed E-state index contributed by atoms with van der Waals surface area (Å²) in [4.78, 5) is 18.4. The van der Waals surface area contributed by atoms with Crippen molar-refractivity contribution in [3.63, 3.8) is 0 Å². The molecule has 14 heavy (non-hydrogen) atoms. The van der Waals surface area contributed by atoms with Gasteiger partial charge in [-0.3, -0.25) is 4.79 Å². The SMILES string of the molecule is Cc1cc(C)c2nc(C)c(=O)[nH]c2c1. The van der Waals surface area contributed by atoms with E-state index in [9.17, 15) is 4.79 Å². The molecule has 0 atom stereocenters. The molecule has 0 unspecified atom stereocenters. The molecule has 2 aromatic rings. The average Bonchev–Trinajstić information content (AvgIpc) is 2.08. The highest BCUT2D eigenvalue weighted by Gasteiger charge is 2.03. The standard InChI is InChI=1S/C11H12N2O/c1-6-4-7(2)10-9(5-6)13-11(14)8(3)12-10/h4-5H,1-3H3,(H,13,14). The Bertz CT molecular complexity index is 555. The van der Waals surface area contributed by atoms with E-state index in [-0.39, 0.29) is 5.56 Å². The van der Waals surface area contributed by atoms with E-state index in [0.717, 1.165) is 22.2 Å². The smallest absolute Gasteiger partial charge is 0.269 e. The van der Waals surface area contributed by atoms with Crippen molar-refractivity contribution < 1.29 is 0 Å². The highest BCUT2D eigenvalue weighted by molar-refractivity contribution is 5.78. The fraction of sp³-hybridized carbons (Fsp3) is 0.273. The van der Waals surface area contributed by atoms with E-state index in [1.807, 2.05) is 19.9 Å². The summed E-state index contributed by atoms with van der Waals surface area (Å²) in [5.41, 5.74) is 4.34. The van der Waals surface area contributed by atoms with Crippen molar-refractivity contribution in [2.45, 2.75) is 20.8 Å². The molecule has 1 heterocycles. The van der Waals surface area contributed by atoms with E-state index in [1.54, 1.807) is 6.92 Å². The van der Waals surface area contributed by atoms with Crippen molar-refractivity contribution in [2.24, 2.45) is 0 Å². The van der Waals surface area contributed by atoms with Gasteiger partial charge in [-0.05, 0) is 38.0 Å². The molecule has 0 spiro atoms. The third-order valence-electron chi connectivity index (χ3n) is 2.30. The summed E-state index contributed by atoms with van der Waals surface area (Å²) >= 11 is 0. The van der Waals surface area contributed by atoms with E-state index < -0.39 is 0 Å². The first-order chi connectivity index (χ1) is 6.58. The van der Waals surface area contributed by atoms with Gasteiger partial charge in [0.25, 0.3) is 5.56 Å². The number of benzene rings is 1. The molecule has 72 valence electrons. The number of aryl methyl sites for hydroxylation is 3. The molecule has 1 aromatic carbocycles. The van der Waals surface area contributed by atoms with E-state index in [1.165, 1.54) is 0 Å². The third kappa shape index (κ3) is 1.31. The highest BCUT2D eigenvalue weighted by atomic mass is 16.1. The van der Waals surface area contributed by atoms with Crippen molar-refractivity contribution in [1.29, 1.82) is 0 Å². The summed E-state index contributed by atoms with van der Waals surface area (Å²) in [6.45, 7) is 5.72.